The van der Waals surface area contributed by atoms with Crippen LogP contribution in [0.4, 0.5) is 0 Å². The highest BCUT2D eigenvalue weighted by Crippen LogP contribution is 2.33. The number of hydrogen-bond donors (Lipinski definition) is 2. The molecule has 0 radical (unpaired) electrons. The summed E-state index contributed by atoms with van der Waals surface area (Å²) in [7, 11) is -7.09. The zero-order valence-electron chi connectivity index (χ0n) is 21.1. The van der Waals surface area contributed by atoms with Crippen molar-refractivity contribution in [3.05, 3.63) is 36.4 Å². The van der Waals surface area contributed by atoms with E-state index in [-0.39, 0.29) is 21.3 Å². The normalized spacial score (nSPS) is 19.3. The molecule has 1 aliphatic rings. The predicted molar refractivity (Wildman–Crippen MR) is 137 cm³/mol. The minimum atomic E-state index is -4.49. The number of nitrogens with one attached hydrogen (secondary N) is 1. The highest BCUT2D eigenvalue weighted by molar-refractivity contribution is 7.92. The third kappa shape index (κ3) is 6.32. The van der Waals surface area contributed by atoms with Gasteiger partial charge in [0.1, 0.15) is 32.8 Å². The third-order valence-corrected chi connectivity index (χ3v) is 11.1. The molecule has 0 saturated carbocycles. The van der Waals surface area contributed by atoms with Gasteiger partial charge in [0.25, 0.3) is 0 Å². The van der Waals surface area contributed by atoms with E-state index < -0.39 is 66.6 Å². The fraction of sp³-hybridized carbons (Fsp3) is 0.455. The van der Waals surface area contributed by atoms with Gasteiger partial charge in [0.2, 0.25) is 20.0 Å². The lowest BCUT2D eigenvalue weighted by molar-refractivity contribution is 0.128. The maximum absolute atomic E-state index is 13.7. The Balaban J connectivity index is 1.95. The van der Waals surface area contributed by atoms with Gasteiger partial charge in [0, 0.05) is 25.2 Å². The third-order valence-electron chi connectivity index (χ3n) is 5.91. The van der Waals surface area contributed by atoms with Crippen LogP contribution >= 0.6 is 0 Å². The van der Waals surface area contributed by atoms with Gasteiger partial charge >= 0.3 is 0 Å². The molecule has 2 aromatic carbocycles. The molecule has 3 rings (SSSR count). The summed E-state index contributed by atoms with van der Waals surface area (Å²) in [5.74, 6) is -0.654. The van der Waals surface area contributed by atoms with Crippen molar-refractivity contribution in [1.82, 2.24) is 9.03 Å². The van der Waals surface area contributed by atoms with E-state index in [1.54, 1.807) is 0 Å². The Morgan fingerprint density at radius 2 is 1.39 bits per heavy atom. The van der Waals surface area contributed by atoms with Gasteiger partial charge < -0.3 is 24.1 Å². The predicted octanol–water partition coefficient (Wildman–Crippen LogP) is -0.152. The molecule has 1 saturated heterocycles. The van der Waals surface area contributed by atoms with Crippen molar-refractivity contribution in [2.75, 3.05) is 53.0 Å². The molecule has 0 unspecified atom stereocenters. The molecule has 0 amide bonds. The Hall–Kier alpha value is -2.63. The van der Waals surface area contributed by atoms with Crippen molar-refractivity contribution in [2.45, 2.75) is 21.9 Å². The lowest BCUT2D eigenvalue weighted by Crippen LogP contribution is -2.49. The standard InChI is InChI=1S/C22H30N2O11S3/c1-32-15-5-7-21(19(11-15)34-3)37(28,29)23-9-10-24(17-13-36(26,27)14-18(17)25)38(30,31)22-8-6-16(33-2)12-20(22)35-4/h5-8,11-12,17-18,23,25H,9-10,13-14H2,1-4H3/t17-,18-/m0/s1. The molecule has 0 aromatic heterocycles. The zero-order chi connectivity index (χ0) is 28.3. The van der Waals surface area contributed by atoms with Crippen molar-refractivity contribution in [3.8, 4) is 23.0 Å². The number of nitrogens with zero attached hydrogens (tertiary/aromatic N) is 1. The van der Waals surface area contributed by atoms with Crippen LogP contribution in [0, 0.1) is 0 Å². The molecule has 16 heteroatoms. The zero-order valence-corrected chi connectivity index (χ0v) is 23.6. The number of hydrogen-bond acceptors (Lipinski definition) is 11. The highest BCUT2D eigenvalue weighted by Gasteiger charge is 2.45. The number of benzene rings is 2. The Kier molecular flexibility index (Phi) is 9.16. The molecule has 0 spiro atoms. The first kappa shape index (κ1) is 29.9. The van der Waals surface area contributed by atoms with Crippen LogP contribution in [0.25, 0.3) is 0 Å². The van der Waals surface area contributed by atoms with Gasteiger partial charge in [-0.1, -0.05) is 0 Å². The quantitative estimate of drug-likeness (QED) is 0.334. The van der Waals surface area contributed by atoms with Crippen LogP contribution in [0.2, 0.25) is 0 Å². The first-order valence-electron chi connectivity index (χ1n) is 11.1. The maximum atomic E-state index is 13.7. The van der Waals surface area contributed by atoms with Gasteiger partial charge in [0.15, 0.2) is 9.84 Å². The summed E-state index contributed by atoms with van der Waals surface area (Å²) in [6, 6.07) is 6.66. The van der Waals surface area contributed by atoms with Crippen LogP contribution < -0.4 is 23.7 Å². The van der Waals surface area contributed by atoms with Crippen LogP contribution in [-0.2, 0) is 29.9 Å². The number of aliphatic hydroxyl groups excluding tert-OH is 1. The number of sulfonamides is 2. The minimum Gasteiger partial charge on any atom is -0.497 e. The fourth-order valence-corrected chi connectivity index (χ4v) is 8.89. The van der Waals surface area contributed by atoms with E-state index in [0.717, 1.165) is 4.31 Å². The number of ether oxygens (including phenoxy) is 4. The van der Waals surface area contributed by atoms with Crippen molar-refractivity contribution in [3.63, 3.8) is 0 Å². The Morgan fingerprint density at radius 3 is 1.87 bits per heavy atom. The molecule has 38 heavy (non-hydrogen) atoms. The minimum absolute atomic E-state index is 0.00149. The second-order valence-electron chi connectivity index (χ2n) is 8.26. The number of sulfone groups is 1. The van der Waals surface area contributed by atoms with E-state index >= 15 is 0 Å². The molecule has 2 N–H and O–H groups in total. The van der Waals surface area contributed by atoms with Crippen molar-refractivity contribution >= 4 is 29.9 Å². The van der Waals surface area contributed by atoms with E-state index in [1.807, 2.05) is 0 Å². The second kappa shape index (κ2) is 11.6. The van der Waals surface area contributed by atoms with Gasteiger partial charge in [-0.3, -0.25) is 0 Å². The van der Waals surface area contributed by atoms with E-state index in [1.165, 1.54) is 64.8 Å². The number of aliphatic hydroxyl groups is 1. The summed E-state index contributed by atoms with van der Waals surface area (Å²) < 4.78 is 102. The Morgan fingerprint density at radius 1 is 0.868 bits per heavy atom. The highest BCUT2D eigenvalue weighted by atomic mass is 32.2. The summed E-state index contributed by atoms with van der Waals surface area (Å²) in [5.41, 5.74) is 0. The first-order chi connectivity index (χ1) is 17.8. The van der Waals surface area contributed by atoms with Crippen molar-refractivity contribution in [1.29, 1.82) is 0 Å². The average Bonchev–Trinajstić information content (AvgIpc) is 3.16. The molecule has 1 fully saturated rings. The molecule has 1 heterocycles. The Bertz CT molecular complexity index is 1480. The largest absolute Gasteiger partial charge is 0.497 e. The van der Waals surface area contributed by atoms with E-state index in [9.17, 15) is 30.4 Å². The van der Waals surface area contributed by atoms with Gasteiger partial charge in [-0.2, -0.15) is 4.31 Å². The van der Waals surface area contributed by atoms with Gasteiger partial charge in [-0.25, -0.2) is 30.0 Å². The number of rotatable bonds is 12. The summed E-state index contributed by atoms with van der Waals surface area (Å²) >= 11 is 0. The summed E-state index contributed by atoms with van der Waals surface area (Å²) in [6.07, 6.45) is -1.52. The molecule has 0 bridgehead atoms. The van der Waals surface area contributed by atoms with Gasteiger partial charge in [0.05, 0.1) is 52.1 Å². The fourth-order valence-electron chi connectivity index (χ4n) is 4.03. The summed E-state index contributed by atoms with van der Waals surface area (Å²) in [5, 5.41) is 10.5. The summed E-state index contributed by atoms with van der Waals surface area (Å²) in [4.78, 5) is -0.521. The number of methoxy groups -OCH3 is 4. The lowest BCUT2D eigenvalue weighted by atomic mass is 10.2. The first-order valence-corrected chi connectivity index (χ1v) is 15.9. The molecule has 0 aliphatic carbocycles. The lowest BCUT2D eigenvalue weighted by Gasteiger charge is -2.30. The van der Waals surface area contributed by atoms with Crippen LogP contribution in [0.1, 0.15) is 0 Å². The van der Waals surface area contributed by atoms with Crippen molar-refractivity contribution in [2.24, 2.45) is 0 Å². The smallest absolute Gasteiger partial charge is 0.247 e. The van der Waals surface area contributed by atoms with Crippen LogP contribution in [-0.4, -0.2) is 99.8 Å². The average molecular weight is 595 g/mol. The molecule has 212 valence electrons. The van der Waals surface area contributed by atoms with Crippen LogP contribution in [0.5, 0.6) is 23.0 Å². The molecule has 13 nitrogen and oxygen atoms in total. The van der Waals surface area contributed by atoms with E-state index in [2.05, 4.69) is 4.72 Å². The molecule has 2 atom stereocenters. The van der Waals surface area contributed by atoms with Crippen molar-refractivity contribution < 1.29 is 49.3 Å². The SMILES string of the molecule is COc1ccc(S(=O)(=O)NCCN([C@H]2CS(=O)(=O)C[C@@H]2O)S(=O)(=O)c2ccc(OC)cc2OC)c(OC)c1. The van der Waals surface area contributed by atoms with Crippen LogP contribution in [0.15, 0.2) is 46.2 Å². The van der Waals surface area contributed by atoms with Gasteiger partial charge in [-0.05, 0) is 24.3 Å². The maximum Gasteiger partial charge on any atom is 0.247 e. The topological polar surface area (TPSA) is 175 Å². The van der Waals surface area contributed by atoms with E-state index in [4.69, 9.17) is 18.9 Å². The molecule has 1 aliphatic heterocycles. The Labute approximate surface area is 222 Å². The molecule has 2 aromatic rings. The molecular weight excluding hydrogens is 564 g/mol. The summed E-state index contributed by atoms with van der Waals surface area (Å²) in [6.45, 7) is -0.940. The molecular formula is C22H30N2O11S3. The van der Waals surface area contributed by atoms with Crippen LogP contribution in [0.3, 0.4) is 0 Å². The van der Waals surface area contributed by atoms with Gasteiger partial charge in [-0.15, -0.1) is 0 Å². The monoisotopic (exact) mass is 594 g/mol. The van der Waals surface area contributed by atoms with E-state index in [0.29, 0.717) is 11.5 Å². The second-order valence-corrected chi connectivity index (χ2v) is 14.0.